The highest BCUT2D eigenvalue weighted by Gasteiger charge is 2.34. The maximum Gasteiger partial charge on any atom is 0.278 e. The van der Waals surface area contributed by atoms with E-state index in [4.69, 9.17) is 0 Å². The van der Waals surface area contributed by atoms with Crippen molar-refractivity contribution < 1.29 is 9.59 Å². The topological polar surface area (TPSA) is 85.2 Å². The van der Waals surface area contributed by atoms with Crippen molar-refractivity contribution in [2.45, 2.75) is 45.6 Å². The van der Waals surface area contributed by atoms with Gasteiger partial charge in [-0.1, -0.05) is 24.3 Å². The van der Waals surface area contributed by atoms with Gasteiger partial charge in [-0.25, -0.2) is 4.68 Å². The van der Waals surface area contributed by atoms with Gasteiger partial charge in [0.15, 0.2) is 4.83 Å². The third-order valence-corrected chi connectivity index (χ3v) is 7.20. The number of unbranched alkanes of at least 4 members (excludes halogenated alkanes) is 1. The van der Waals surface area contributed by atoms with Gasteiger partial charge in [0.05, 0.1) is 16.5 Å². The number of benzene rings is 1. The first-order chi connectivity index (χ1) is 14.5. The molecule has 154 valence electrons. The lowest BCUT2D eigenvalue weighted by atomic mass is 9.89. The number of carbonyl (C=O) groups is 2. The normalized spacial score (nSPS) is 18.2. The van der Waals surface area contributed by atoms with Crippen molar-refractivity contribution in [3.8, 4) is 0 Å². The summed E-state index contributed by atoms with van der Waals surface area (Å²) >= 11 is 1.60. The molecule has 0 unspecified atom stereocenters. The second-order valence-corrected chi connectivity index (χ2v) is 9.25. The van der Waals surface area contributed by atoms with Gasteiger partial charge in [-0.15, -0.1) is 16.4 Å². The minimum absolute atomic E-state index is 0.0761. The van der Waals surface area contributed by atoms with E-state index in [0.717, 1.165) is 35.0 Å². The van der Waals surface area contributed by atoms with E-state index in [1.165, 1.54) is 14.5 Å². The molecule has 0 spiro atoms. The zero-order valence-electron chi connectivity index (χ0n) is 16.8. The summed E-state index contributed by atoms with van der Waals surface area (Å²) < 4.78 is 1.43. The van der Waals surface area contributed by atoms with E-state index >= 15 is 0 Å². The molecule has 1 aliphatic heterocycles. The zero-order chi connectivity index (χ0) is 20.8. The molecular formula is C22H22N4O3S. The molecule has 0 saturated carbocycles. The minimum atomic E-state index is -0.242. The molecule has 2 amide bonds. The van der Waals surface area contributed by atoms with Crippen LogP contribution in [0.4, 0.5) is 0 Å². The Morgan fingerprint density at radius 1 is 1.07 bits per heavy atom. The van der Waals surface area contributed by atoms with Crippen molar-refractivity contribution in [3.05, 3.63) is 56.2 Å². The lowest BCUT2D eigenvalue weighted by Gasteiger charge is -2.17. The Morgan fingerprint density at radius 2 is 1.77 bits per heavy atom. The Labute approximate surface area is 177 Å². The van der Waals surface area contributed by atoms with Crippen molar-refractivity contribution in [1.82, 2.24) is 19.9 Å². The highest BCUT2D eigenvalue weighted by molar-refractivity contribution is 7.18. The van der Waals surface area contributed by atoms with Crippen LogP contribution >= 0.6 is 11.3 Å². The summed E-state index contributed by atoms with van der Waals surface area (Å²) in [6.07, 6.45) is 4.28. The van der Waals surface area contributed by atoms with Gasteiger partial charge < -0.3 is 0 Å². The van der Waals surface area contributed by atoms with Crippen LogP contribution in [0.1, 0.15) is 57.3 Å². The summed E-state index contributed by atoms with van der Waals surface area (Å²) in [5.41, 5.74) is 2.01. The van der Waals surface area contributed by atoms with Gasteiger partial charge in [0.25, 0.3) is 17.4 Å². The Balaban J connectivity index is 1.27. The maximum atomic E-state index is 13.0. The summed E-state index contributed by atoms with van der Waals surface area (Å²) in [4.78, 5) is 41.2. The smallest absolute Gasteiger partial charge is 0.274 e. The van der Waals surface area contributed by atoms with Crippen molar-refractivity contribution in [2.24, 2.45) is 5.92 Å². The quantitative estimate of drug-likeness (QED) is 0.466. The van der Waals surface area contributed by atoms with Crippen LogP contribution in [-0.4, -0.2) is 38.3 Å². The molecule has 3 aromatic rings. The van der Waals surface area contributed by atoms with Gasteiger partial charge in [-0.3, -0.25) is 19.3 Å². The van der Waals surface area contributed by atoms with Crippen LogP contribution in [0.3, 0.4) is 0 Å². The van der Waals surface area contributed by atoms with E-state index < -0.39 is 0 Å². The van der Waals surface area contributed by atoms with Gasteiger partial charge in [0.1, 0.15) is 0 Å². The Hall–Kier alpha value is -2.87. The number of aromatic nitrogens is 3. The van der Waals surface area contributed by atoms with E-state index in [9.17, 15) is 14.4 Å². The fraction of sp³-hybridized carbons (Fsp3) is 0.409. The van der Waals surface area contributed by atoms with Crippen LogP contribution < -0.4 is 5.56 Å². The minimum Gasteiger partial charge on any atom is -0.274 e. The standard InChI is InChI=1S/C22H22N4O3S/c1-13-8-9-16-17(12-13)30-19-18(16)22(29)26(24-23-19)11-5-4-10-25-20(27)14-6-2-3-7-15(14)21(25)28/h2-3,6-7,13H,4-5,8-12H2,1H3/t13-/m1/s1. The van der Waals surface area contributed by atoms with E-state index in [2.05, 4.69) is 17.2 Å². The lowest BCUT2D eigenvalue weighted by molar-refractivity contribution is 0.0651. The molecule has 3 heterocycles. The summed E-state index contributed by atoms with van der Waals surface area (Å²) in [6, 6.07) is 6.89. The van der Waals surface area contributed by atoms with E-state index in [-0.39, 0.29) is 17.4 Å². The number of rotatable bonds is 5. The van der Waals surface area contributed by atoms with Crippen molar-refractivity contribution in [3.63, 3.8) is 0 Å². The van der Waals surface area contributed by atoms with Gasteiger partial charge in [-0.2, -0.15) is 0 Å². The van der Waals surface area contributed by atoms with Crippen molar-refractivity contribution >= 4 is 33.4 Å². The maximum absolute atomic E-state index is 13.0. The van der Waals surface area contributed by atoms with Crippen LogP contribution in [0, 0.1) is 5.92 Å². The first-order valence-corrected chi connectivity index (χ1v) is 11.2. The number of fused-ring (bicyclic) bond motifs is 4. The number of carbonyl (C=O) groups excluding carboxylic acids is 2. The van der Waals surface area contributed by atoms with E-state index in [1.807, 2.05) is 0 Å². The average Bonchev–Trinajstić information content (AvgIpc) is 3.23. The second-order valence-electron chi connectivity index (χ2n) is 8.16. The third-order valence-electron chi connectivity index (χ3n) is 6.06. The number of aryl methyl sites for hydroxylation is 2. The van der Waals surface area contributed by atoms with Gasteiger partial charge in [-0.05, 0) is 55.7 Å². The largest absolute Gasteiger partial charge is 0.278 e. The number of imide groups is 1. The Morgan fingerprint density at radius 3 is 2.50 bits per heavy atom. The number of nitrogens with zero attached hydrogens (tertiary/aromatic N) is 4. The summed E-state index contributed by atoms with van der Waals surface area (Å²) in [5, 5.41) is 9.14. The number of hydrogen-bond acceptors (Lipinski definition) is 6. The summed E-state index contributed by atoms with van der Waals surface area (Å²) in [6.45, 7) is 3.00. The van der Waals surface area contributed by atoms with Crippen molar-refractivity contribution in [1.29, 1.82) is 0 Å². The van der Waals surface area contributed by atoms with Crippen LogP contribution in [0.15, 0.2) is 29.1 Å². The molecule has 0 fully saturated rings. The zero-order valence-corrected chi connectivity index (χ0v) is 17.6. The summed E-state index contributed by atoms with van der Waals surface area (Å²) in [5.74, 6) is 0.157. The molecule has 1 aliphatic carbocycles. The second kappa shape index (κ2) is 7.43. The van der Waals surface area contributed by atoms with Crippen LogP contribution in [0.2, 0.25) is 0 Å². The Kier molecular flexibility index (Phi) is 4.73. The molecule has 0 radical (unpaired) electrons. The molecule has 2 aromatic heterocycles. The molecule has 30 heavy (non-hydrogen) atoms. The highest BCUT2D eigenvalue weighted by Crippen LogP contribution is 2.35. The molecular weight excluding hydrogens is 400 g/mol. The molecule has 0 saturated heterocycles. The first kappa shape index (κ1) is 19.1. The number of thiophene rings is 1. The van der Waals surface area contributed by atoms with Gasteiger partial charge >= 0.3 is 0 Å². The molecule has 1 aromatic carbocycles. The van der Waals surface area contributed by atoms with Crippen LogP contribution in [0.5, 0.6) is 0 Å². The van der Waals surface area contributed by atoms with E-state index in [0.29, 0.717) is 43.0 Å². The predicted octanol–water partition coefficient (Wildman–Crippen LogP) is 3.05. The first-order valence-electron chi connectivity index (χ1n) is 10.4. The highest BCUT2D eigenvalue weighted by atomic mass is 32.1. The molecule has 0 N–H and O–H groups in total. The SMILES string of the molecule is C[C@@H]1CCc2c(sc3nnn(CCCCN4C(=O)c5ccccc5C4=O)c(=O)c23)C1. The molecule has 2 aliphatic rings. The van der Waals surface area contributed by atoms with Gasteiger partial charge in [0, 0.05) is 18.0 Å². The van der Waals surface area contributed by atoms with Crippen LogP contribution in [-0.2, 0) is 19.4 Å². The average molecular weight is 423 g/mol. The summed E-state index contributed by atoms with van der Waals surface area (Å²) in [7, 11) is 0. The molecule has 7 nitrogen and oxygen atoms in total. The van der Waals surface area contributed by atoms with E-state index in [1.54, 1.807) is 35.6 Å². The van der Waals surface area contributed by atoms with Crippen molar-refractivity contribution in [2.75, 3.05) is 6.54 Å². The number of amides is 2. The predicted molar refractivity (Wildman–Crippen MR) is 114 cm³/mol. The molecule has 1 atom stereocenters. The Bertz CT molecular complexity index is 1190. The molecule has 8 heteroatoms. The third kappa shape index (κ3) is 3.06. The fourth-order valence-corrected chi connectivity index (χ4v) is 5.73. The van der Waals surface area contributed by atoms with Crippen LogP contribution in [0.25, 0.3) is 10.2 Å². The lowest BCUT2D eigenvalue weighted by Crippen LogP contribution is -2.31. The number of hydrogen-bond donors (Lipinski definition) is 0. The molecule has 5 rings (SSSR count). The monoisotopic (exact) mass is 422 g/mol. The molecule has 0 bridgehead atoms. The fourth-order valence-electron chi connectivity index (χ4n) is 4.41. The van der Waals surface area contributed by atoms with Gasteiger partial charge in [0.2, 0.25) is 0 Å².